The average molecular weight is 261 g/mol. The molecule has 2 aliphatic rings. The molecule has 0 saturated carbocycles. The van der Waals surface area contributed by atoms with Crippen LogP contribution in [0, 0.1) is 0 Å². The minimum atomic E-state index is -3.55. The number of nitrogens with two attached hydrogens (primary N) is 1. The number of aliphatic hydroxyl groups excluding tert-OH is 2. The minimum absolute atomic E-state index is 0.0227. The number of aliphatic imine (C=N–C) groups is 1. The summed E-state index contributed by atoms with van der Waals surface area (Å²) in [5.74, 6) is -3.44. The van der Waals surface area contributed by atoms with E-state index in [1.165, 1.54) is 12.3 Å². The van der Waals surface area contributed by atoms with Crippen LogP contribution < -0.4 is 5.73 Å². The molecular formula is C10H13F2N3O3. The van der Waals surface area contributed by atoms with Crippen molar-refractivity contribution in [2.75, 3.05) is 6.61 Å². The Balaban J connectivity index is 2.25. The molecule has 100 valence electrons. The molecule has 2 aliphatic heterocycles. The Labute approximate surface area is 102 Å². The second-order valence-electron chi connectivity index (χ2n) is 4.00. The highest BCUT2D eigenvalue weighted by atomic mass is 19.3. The van der Waals surface area contributed by atoms with Crippen LogP contribution in [-0.4, -0.2) is 51.9 Å². The molecule has 3 atom stereocenters. The number of ether oxygens (including phenoxy) is 1. The molecule has 1 fully saturated rings. The van der Waals surface area contributed by atoms with Gasteiger partial charge in [0.25, 0.3) is 0 Å². The molecule has 0 amide bonds. The van der Waals surface area contributed by atoms with Crippen LogP contribution >= 0.6 is 0 Å². The molecule has 0 aliphatic carbocycles. The van der Waals surface area contributed by atoms with Crippen molar-refractivity contribution in [3.63, 3.8) is 0 Å². The summed E-state index contributed by atoms with van der Waals surface area (Å²) in [6, 6.07) is 0. The van der Waals surface area contributed by atoms with Gasteiger partial charge in [-0.05, 0) is 6.08 Å². The smallest absolute Gasteiger partial charge is 0.320 e. The van der Waals surface area contributed by atoms with Crippen molar-refractivity contribution in [2.24, 2.45) is 10.7 Å². The number of nitrogens with zero attached hydrogens (tertiary/aromatic N) is 2. The standard InChI is InChI=1S/C10H13F2N3O3/c1-5-14-7(13)2-3-15(5)9-10(11,12)8(17)6(4-16)18-9/h2-3,6,8-9,16-17H,1,4H2,(H2,13,14)/t6-,8+,9-/m1/s1. The van der Waals surface area contributed by atoms with Gasteiger partial charge < -0.3 is 25.6 Å². The summed E-state index contributed by atoms with van der Waals surface area (Å²) in [5, 5.41) is 18.2. The normalized spacial score (nSPS) is 34.9. The Morgan fingerprint density at radius 1 is 1.61 bits per heavy atom. The Hall–Kier alpha value is -1.51. The second-order valence-corrected chi connectivity index (χ2v) is 4.00. The maximum Gasteiger partial charge on any atom is 0.320 e. The van der Waals surface area contributed by atoms with Crippen LogP contribution in [0.3, 0.4) is 0 Å². The molecule has 0 unspecified atom stereocenters. The quantitative estimate of drug-likeness (QED) is 0.615. The van der Waals surface area contributed by atoms with Gasteiger partial charge >= 0.3 is 5.92 Å². The molecule has 6 nitrogen and oxygen atoms in total. The molecular weight excluding hydrogens is 248 g/mol. The van der Waals surface area contributed by atoms with E-state index in [1.807, 2.05) is 0 Å². The van der Waals surface area contributed by atoms with Gasteiger partial charge in [-0.15, -0.1) is 0 Å². The zero-order valence-electron chi connectivity index (χ0n) is 9.33. The fourth-order valence-corrected chi connectivity index (χ4v) is 1.82. The Bertz CT molecular complexity index is 425. The maximum atomic E-state index is 13.8. The fraction of sp³-hybridized carbons (Fsp3) is 0.500. The van der Waals surface area contributed by atoms with Gasteiger partial charge in [-0.2, -0.15) is 8.78 Å². The van der Waals surface area contributed by atoms with Gasteiger partial charge in [0.15, 0.2) is 6.10 Å². The Morgan fingerprint density at radius 2 is 2.28 bits per heavy atom. The molecule has 0 bridgehead atoms. The highest BCUT2D eigenvalue weighted by molar-refractivity contribution is 5.92. The number of alkyl halides is 2. The van der Waals surface area contributed by atoms with Crippen molar-refractivity contribution >= 4 is 5.84 Å². The van der Waals surface area contributed by atoms with Crippen LogP contribution in [0.1, 0.15) is 0 Å². The molecule has 2 heterocycles. The van der Waals surface area contributed by atoms with E-state index in [4.69, 9.17) is 15.6 Å². The van der Waals surface area contributed by atoms with Gasteiger partial charge in [-0.1, -0.05) is 6.58 Å². The van der Waals surface area contributed by atoms with E-state index in [-0.39, 0.29) is 11.7 Å². The number of halogens is 2. The zero-order chi connectivity index (χ0) is 13.5. The lowest BCUT2D eigenvalue weighted by atomic mass is 10.1. The molecule has 2 rings (SSSR count). The third kappa shape index (κ3) is 1.88. The number of rotatable bonds is 2. The first kappa shape index (κ1) is 12.9. The topological polar surface area (TPSA) is 91.3 Å². The lowest BCUT2D eigenvalue weighted by molar-refractivity contribution is -0.148. The minimum Gasteiger partial charge on any atom is -0.394 e. The van der Waals surface area contributed by atoms with Crippen molar-refractivity contribution < 1.29 is 23.7 Å². The molecule has 8 heteroatoms. The van der Waals surface area contributed by atoms with Crippen molar-refractivity contribution in [1.29, 1.82) is 0 Å². The van der Waals surface area contributed by atoms with Crippen LogP contribution in [0.4, 0.5) is 8.78 Å². The van der Waals surface area contributed by atoms with E-state index in [2.05, 4.69) is 11.6 Å². The molecule has 4 N–H and O–H groups in total. The van der Waals surface area contributed by atoms with Crippen LogP contribution in [0.25, 0.3) is 0 Å². The van der Waals surface area contributed by atoms with Crippen molar-refractivity contribution in [3.8, 4) is 0 Å². The fourth-order valence-electron chi connectivity index (χ4n) is 1.82. The number of hydrogen-bond acceptors (Lipinski definition) is 6. The lowest BCUT2D eigenvalue weighted by Crippen LogP contribution is -2.47. The summed E-state index contributed by atoms with van der Waals surface area (Å²) in [6.45, 7) is 2.78. The highest BCUT2D eigenvalue weighted by Crippen LogP contribution is 2.39. The summed E-state index contributed by atoms with van der Waals surface area (Å²) in [5.41, 5.74) is 5.39. The molecule has 18 heavy (non-hydrogen) atoms. The predicted molar refractivity (Wildman–Crippen MR) is 58.4 cm³/mol. The molecule has 1 saturated heterocycles. The van der Waals surface area contributed by atoms with Gasteiger partial charge in [0.1, 0.15) is 17.8 Å². The van der Waals surface area contributed by atoms with E-state index >= 15 is 0 Å². The largest absolute Gasteiger partial charge is 0.394 e. The predicted octanol–water partition coefficient (Wildman–Crippen LogP) is -0.643. The van der Waals surface area contributed by atoms with Gasteiger partial charge in [0, 0.05) is 6.20 Å². The van der Waals surface area contributed by atoms with Gasteiger partial charge in [-0.25, -0.2) is 4.99 Å². The summed E-state index contributed by atoms with van der Waals surface area (Å²) in [4.78, 5) is 4.70. The SMILES string of the molecule is C=C1N=C(N)C=CN1[C@@H]1O[C@H](CO)[C@H](O)C1(F)F. The summed E-state index contributed by atoms with van der Waals surface area (Å²) in [7, 11) is 0. The summed E-state index contributed by atoms with van der Waals surface area (Å²) >= 11 is 0. The molecule has 0 aromatic heterocycles. The molecule has 0 aromatic carbocycles. The van der Waals surface area contributed by atoms with E-state index in [0.717, 1.165) is 4.90 Å². The third-order valence-electron chi connectivity index (χ3n) is 2.77. The van der Waals surface area contributed by atoms with Gasteiger partial charge in [0.05, 0.1) is 6.61 Å². The monoisotopic (exact) mass is 261 g/mol. The summed E-state index contributed by atoms with van der Waals surface area (Å²) in [6.07, 6.45) is -2.65. The molecule has 0 aromatic rings. The highest BCUT2D eigenvalue weighted by Gasteiger charge is 2.60. The number of aliphatic hydroxyl groups is 2. The third-order valence-corrected chi connectivity index (χ3v) is 2.77. The second kappa shape index (κ2) is 4.30. The first-order valence-electron chi connectivity index (χ1n) is 5.19. The van der Waals surface area contributed by atoms with E-state index in [1.54, 1.807) is 0 Å². The van der Waals surface area contributed by atoms with Gasteiger partial charge in [-0.3, -0.25) is 0 Å². The van der Waals surface area contributed by atoms with E-state index in [0.29, 0.717) is 0 Å². The number of amidine groups is 1. The summed E-state index contributed by atoms with van der Waals surface area (Å²) < 4.78 is 32.6. The first-order valence-corrected chi connectivity index (χ1v) is 5.19. The van der Waals surface area contributed by atoms with Crippen molar-refractivity contribution in [3.05, 3.63) is 24.7 Å². The molecule has 0 spiro atoms. The van der Waals surface area contributed by atoms with E-state index in [9.17, 15) is 13.9 Å². The average Bonchev–Trinajstić information content (AvgIpc) is 2.52. The van der Waals surface area contributed by atoms with Crippen LogP contribution in [0.2, 0.25) is 0 Å². The van der Waals surface area contributed by atoms with E-state index < -0.39 is 31.0 Å². The van der Waals surface area contributed by atoms with Gasteiger partial charge in [0.2, 0.25) is 6.23 Å². The number of hydrogen-bond donors (Lipinski definition) is 3. The van der Waals surface area contributed by atoms with Crippen LogP contribution in [0.15, 0.2) is 29.7 Å². The van der Waals surface area contributed by atoms with Crippen LogP contribution in [0.5, 0.6) is 0 Å². The first-order chi connectivity index (χ1) is 8.37. The Kier molecular flexibility index (Phi) is 3.09. The van der Waals surface area contributed by atoms with Crippen molar-refractivity contribution in [1.82, 2.24) is 4.90 Å². The van der Waals surface area contributed by atoms with Crippen LogP contribution in [-0.2, 0) is 4.74 Å². The molecule has 0 radical (unpaired) electrons. The van der Waals surface area contributed by atoms with Crippen molar-refractivity contribution in [2.45, 2.75) is 24.4 Å². The Morgan fingerprint density at radius 3 is 2.78 bits per heavy atom. The lowest BCUT2D eigenvalue weighted by Gasteiger charge is -2.31. The maximum absolute atomic E-state index is 13.8. The zero-order valence-corrected chi connectivity index (χ0v) is 9.33.